The van der Waals surface area contributed by atoms with Crippen LogP contribution in [0.25, 0.3) is 33.5 Å². The number of rotatable bonds is 7. The van der Waals surface area contributed by atoms with Crippen molar-refractivity contribution < 1.29 is 18.0 Å². The van der Waals surface area contributed by atoms with E-state index in [4.69, 9.17) is 14.6 Å². The number of benzene rings is 2. The molecule has 1 fully saturated rings. The number of nitrogens with one attached hydrogen (secondary N) is 1. The summed E-state index contributed by atoms with van der Waals surface area (Å²) in [5, 5.41) is 3.45. The number of pyridine rings is 1. The molecule has 0 saturated carbocycles. The molecule has 10 heteroatoms. The van der Waals surface area contributed by atoms with Crippen molar-refractivity contribution in [2.24, 2.45) is 5.73 Å². The number of fused-ring (bicyclic) bond motifs is 2. The Morgan fingerprint density at radius 3 is 2.77 bits per heavy atom. The smallest absolute Gasteiger partial charge is 0.299 e. The third kappa shape index (κ3) is 4.64. The summed E-state index contributed by atoms with van der Waals surface area (Å²) in [6.45, 7) is 2.66. The molecule has 40 heavy (non-hydrogen) atoms. The number of halogens is 1. The lowest BCUT2D eigenvalue weighted by Crippen LogP contribution is -2.35. The Bertz CT molecular complexity index is 1650. The normalized spacial score (nSPS) is 15.6. The van der Waals surface area contributed by atoms with E-state index in [0.717, 1.165) is 30.6 Å². The number of aromatic nitrogens is 2. The van der Waals surface area contributed by atoms with Gasteiger partial charge in [0.25, 0.3) is 11.9 Å². The lowest BCUT2D eigenvalue weighted by atomic mass is 9.88. The molecule has 206 valence electrons. The fourth-order valence-electron chi connectivity index (χ4n) is 5.57. The molecule has 0 aliphatic carbocycles. The molecule has 3 N–H and O–H groups in total. The summed E-state index contributed by atoms with van der Waals surface area (Å²) in [5.41, 5.74) is 10.9. The topological polar surface area (TPSA) is 114 Å². The highest BCUT2D eigenvalue weighted by atomic mass is 19.1. The van der Waals surface area contributed by atoms with Crippen molar-refractivity contribution in [1.29, 1.82) is 0 Å². The zero-order valence-electron chi connectivity index (χ0n) is 22.5. The Balaban J connectivity index is 1.47. The summed E-state index contributed by atoms with van der Waals surface area (Å²) in [6.07, 6.45) is 3.61. The number of hydrogen-bond donors (Lipinski definition) is 2. The van der Waals surface area contributed by atoms with E-state index >= 15 is 0 Å². The average Bonchev–Trinajstić information content (AvgIpc) is 3.58. The molecule has 1 amide bonds. The fourth-order valence-corrected chi connectivity index (χ4v) is 5.57. The number of anilines is 2. The number of likely N-dealkylation sites (N-methyl/N-ethyl adjacent to an activating group) is 1. The second-order valence-corrected chi connectivity index (χ2v) is 10.1. The highest BCUT2D eigenvalue weighted by molar-refractivity contribution is 6.11. The number of hydrogen-bond acceptors (Lipinski definition) is 8. The summed E-state index contributed by atoms with van der Waals surface area (Å²) in [6, 6.07) is 14.3. The monoisotopic (exact) mass is 542 g/mol. The lowest BCUT2D eigenvalue weighted by Gasteiger charge is -2.34. The molecule has 1 atom stereocenters. The van der Waals surface area contributed by atoms with Crippen LogP contribution in [0.1, 0.15) is 34.7 Å². The van der Waals surface area contributed by atoms with Gasteiger partial charge < -0.3 is 29.7 Å². The van der Waals surface area contributed by atoms with Crippen LogP contribution in [-0.2, 0) is 0 Å². The first-order valence-corrected chi connectivity index (χ1v) is 13.4. The van der Waals surface area contributed by atoms with E-state index < -0.39 is 0 Å². The van der Waals surface area contributed by atoms with Gasteiger partial charge in [0.1, 0.15) is 17.2 Å². The van der Waals surface area contributed by atoms with Crippen molar-refractivity contribution in [1.82, 2.24) is 15.3 Å². The summed E-state index contributed by atoms with van der Waals surface area (Å²) in [7, 11) is 3.60. The molecular formula is C30H31FN6O3. The van der Waals surface area contributed by atoms with E-state index in [-0.39, 0.29) is 17.6 Å². The number of nitrogens with two attached hydrogens (primary N) is 1. The van der Waals surface area contributed by atoms with E-state index in [0.29, 0.717) is 64.7 Å². The van der Waals surface area contributed by atoms with Crippen LogP contribution in [-0.4, -0.2) is 56.1 Å². The first-order chi connectivity index (χ1) is 19.5. The first kappa shape index (κ1) is 25.8. The van der Waals surface area contributed by atoms with Gasteiger partial charge in [-0.25, -0.2) is 9.37 Å². The summed E-state index contributed by atoms with van der Waals surface area (Å²) in [5.74, 6) is -0.0801. The molecule has 1 aliphatic rings. The Labute approximate surface area is 230 Å². The van der Waals surface area contributed by atoms with Gasteiger partial charge in [0, 0.05) is 75.1 Å². The minimum Gasteiger partial charge on any atom is -0.455 e. The molecule has 0 spiro atoms. The molecule has 3 aromatic heterocycles. The van der Waals surface area contributed by atoms with E-state index in [9.17, 15) is 9.18 Å². The molecule has 5 aromatic rings. The van der Waals surface area contributed by atoms with Gasteiger partial charge in [-0.15, -0.1) is 0 Å². The summed E-state index contributed by atoms with van der Waals surface area (Å²) >= 11 is 0. The van der Waals surface area contributed by atoms with Gasteiger partial charge in [-0.3, -0.25) is 4.79 Å². The molecule has 2 aromatic carbocycles. The molecule has 1 aliphatic heterocycles. The van der Waals surface area contributed by atoms with Crippen LogP contribution in [0, 0.1) is 5.82 Å². The van der Waals surface area contributed by atoms with Crippen LogP contribution in [0.5, 0.6) is 0 Å². The predicted molar refractivity (Wildman–Crippen MR) is 153 cm³/mol. The molecule has 4 heterocycles. The van der Waals surface area contributed by atoms with Crippen molar-refractivity contribution in [3.63, 3.8) is 0 Å². The Kier molecular flexibility index (Phi) is 6.85. The van der Waals surface area contributed by atoms with Crippen LogP contribution in [0.2, 0.25) is 0 Å². The minimum atomic E-state index is -0.356. The van der Waals surface area contributed by atoms with E-state index in [1.54, 1.807) is 25.4 Å². The second kappa shape index (κ2) is 10.6. The van der Waals surface area contributed by atoms with Crippen molar-refractivity contribution in [2.75, 3.05) is 50.1 Å². The third-order valence-electron chi connectivity index (χ3n) is 7.56. The number of amides is 1. The number of carbonyl (C=O) groups is 1. The van der Waals surface area contributed by atoms with E-state index in [1.807, 2.05) is 25.2 Å². The molecule has 9 nitrogen and oxygen atoms in total. The van der Waals surface area contributed by atoms with Crippen LogP contribution >= 0.6 is 0 Å². The maximum absolute atomic E-state index is 13.7. The number of piperidine rings is 1. The van der Waals surface area contributed by atoms with Crippen LogP contribution in [0.4, 0.5) is 16.1 Å². The molecule has 0 radical (unpaired) electrons. The highest BCUT2D eigenvalue weighted by Gasteiger charge is 2.30. The number of oxazole rings is 1. The van der Waals surface area contributed by atoms with Gasteiger partial charge in [-0.05, 0) is 60.9 Å². The maximum atomic E-state index is 13.7. The number of nitrogens with zero attached hydrogens (tertiary/aromatic N) is 4. The van der Waals surface area contributed by atoms with Gasteiger partial charge in [-0.2, -0.15) is 4.98 Å². The zero-order chi connectivity index (χ0) is 27.8. The van der Waals surface area contributed by atoms with E-state index in [1.165, 1.54) is 12.1 Å². The van der Waals surface area contributed by atoms with Gasteiger partial charge in [-0.1, -0.05) is 0 Å². The van der Waals surface area contributed by atoms with Crippen molar-refractivity contribution in [2.45, 2.75) is 18.8 Å². The lowest BCUT2D eigenvalue weighted by molar-refractivity contribution is 0.0964. The molecule has 0 bridgehead atoms. The van der Waals surface area contributed by atoms with Gasteiger partial charge >= 0.3 is 0 Å². The predicted octanol–water partition coefficient (Wildman–Crippen LogP) is 4.91. The van der Waals surface area contributed by atoms with Crippen molar-refractivity contribution in [3.05, 3.63) is 71.7 Å². The second-order valence-electron chi connectivity index (χ2n) is 10.1. The van der Waals surface area contributed by atoms with Crippen molar-refractivity contribution in [3.8, 4) is 11.3 Å². The summed E-state index contributed by atoms with van der Waals surface area (Å²) in [4.78, 5) is 26.4. The molecule has 1 unspecified atom stereocenters. The standard InChI is InChI=1S/C30H31FN6O3/c1-33-29(38)26-22-15-21(19-5-4-13-37(17-19)30-35-28-24(40-30)6-3-12-34-28)23(36(2)14-11-32)16-25(22)39-27(26)18-7-9-20(31)10-8-18/h3,6-10,12,15-16,19H,4-5,11,13-14,17,32H2,1-2H3,(H,33,38). The highest BCUT2D eigenvalue weighted by Crippen LogP contribution is 2.42. The Hall–Kier alpha value is -4.44. The van der Waals surface area contributed by atoms with Gasteiger partial charge in [0.05, 0.1) is 5.56 Å². The van der Waals surface area contributed by atoms with Crippen LogP contribution in [0.3, 0.4) is 0 Å². The average molecular weight is 543 g/mol. The van der Waals surface area contributed by atoms with Crippen LogP contribution in [0.15, 0.2) is 63.6 Å². The summed E-state index contributed by atoms with van der Waals surface area (Å²) < 4.78 is 26.0. The largest absolute Gasteiger partial charge is 0.455 e. The SMILES string of the molecule is CNC(=O)c1c(-c2ccc(F)cc2)oc2cc(N(C)CCN)c(C3CCCN(c4nc5ncccc5o4)C3)cc12. The quantitative estimate of drug-likeness (QED) is 0.298. The van der Waals surface area contributed by atoms with Crippen molar-refractivity contribution >= 4 is 39.8 Å². The first-order valence-electron chi connectivity index (χ1n) is 13.4. The molecule has 6 rings (SSSR count). The zero-order valence-corrected chi connectivity index (χ0v) is 22.5. The Morgan fingerprint density at radius 1 is 1.20 bits per heavy atom. The number of carbonyl (C=O) groups excluding carboxylic acids is 1. The van der Waals surface area contributed by atoms with Gasteiger partial charge in [0.15, 0.2) is 5.58 Å². The number of furan rings is 1. The van der Waals surface area contributed by atoms with Crippen LogP contribution < -0.4 is 20.9 Å². The van der Waals surface area contributed by atoms with Gasteiger partial charge in [0.2, 0.25) is 5.65 Å². The van der Waals surface area contributed by atoms with E-state index in [2.05, 4.69) is 31.2 Å². The minimum absolute atomic E-state index is 0.137. The molecule has 1 saturated heterocycles. The fraction of sp³-hybridized carbons (Fsp3) is 0.300. The third-order valence-corrected chi connectivity index (χ3v) is 7.56. The molecular weight excluding hydrogens is 511 g/mol. The Morgan fingerprint density at radius 2 is 2.02 bits per heavy atom. The maximum Gasteiger partial charge on any atom is 0.299 e.